The summed E-state index contributed by atoms with van der Waals surface area (Å²) < 4.78 is 22.3. The van der Waals surface area contributed by atoms with E-state index in [1.165, 1.54) is 0 Å². The molecule has 0 atom stereocenters. The van der Waals surface area contributed by atoms with Gasteiger partial charge < -0.3 is 18.9 Å². The van der Waals surface area contributed by atoms with Gasteiger partial charge in [-0.05, 0) is 126 Å². The van der Waals surface area contributed by atoms with Gasteiger partial charge in [-0.2, -0.15) is 0 Å². The summed E-state index contributed by atoms with van der Waals surface area (Å²) >= 11 is 6.78. The highest BCUT2D eigenvalue weighted by Gasteiger charge is 2.15. The molecule has 0 aliphatic rings. The molecule has 8 nitrogen and oxygen atoms in total. The Morgan fingerprint density at radius 1 is 0.471 bits per heavy atom. The summed E-state index contributed by atoms with van der Waals surface area (Å²) in [4.78, 5) is 50.4. The third-order valence-corrected chi connectivity index (χ3v) is 9.27. The van der Waals surface area contributed by atoms with Crippen LogP contribution < -0.4 is 18.9 Å². The van der Waals surface area contributed by atoms with Gasteiger partial charge in [0.25, 0.3) is 0 Å². The second-order valence-electron chi connectivity index (χ2n) is 12.1. The number of benzene rings is 5. The number of alkyl halides is 2. The monoisotopic (exact) mass is 816 g/mol. The Kier molecular flexibility index (Phi) is 13.8. The van der Waals surface area contributed by atoms with Crippen molar-refractivity contribution in [1.29, 1.82) is 0 Å². The molecule has 0 aliphatic carbocycles. The van der Waals surface area contributed by atoms with Crippen LogP contribution in [0.3, 0.4) is 0 Å². The number of carbonyl (C=O) groups excluding carboxylic acids is 4. The summed E-state index contributed by atoms with van der Waals surface area (Å²) in [5.74, 6) is -0.0614. The molecule has 0 aliphatic heterocycles. The number of ether oxygens (including phenoxy) is 4. The van der Waals surface area contributed by atoms with Crippen molar-refractivity contribution < 1.29 is 38.1 Å². The van der Waals surface area contributed by atoms with Crippen LogP contribution in [-0.4, -0.2) is 34.5 Å². The van der Waals surface area contributed by atoms with E-state index >= 15 is 0 Å². The first-order valence-corrected chi connectivity index (χ1v) is 19.1. The van der Waals surface area contributed by atoms with Crippen LogP contribution in [0.15, 0.2) is 91.0 Å². The van der Waals surface area contributed by atoms with Crippen LogP contribution in [0.2, 0.25) is 0 Å². The Labute approximate surface area is 313 Å². The zero-order valence-electron chi connectivity index (χ0n) is 28.3. The van der Waals surface area contributed by atoms with Gasteiger partial charge in [0.2, 0.25) is 0 Å². The molecule has 0 saturated heterocycles. The lowest BCUT2D eigenvalue weighted by atomic mass is 10.1. The number of halogens is 2. The largest absolute Gasteiger partial charge is 0.427 e. The summed E-state index contributed by atoms with van der Waals surface area (Å²) in [7, 11) is 0. The predicted molar refractivity (Wildman–Crippen MR) is 205 cm³/mol. The molecule has 0 bridgehead atoms. The van der Waals surface area contributed by atoms with E-state index in [1.54, 1.807) is 97.9 Å². The van der Waals surface area contributed by atoms with Crippen LogP contribution in [0.25, 0.3) is 21.5 Å². The molecule has 0 aromatic heterocycles. The summed E-state index contributed by atoms with van der Waals surface area (Å²) in [5, 5.41) is 5.07. The molecule has 10 heteroatoms. The maximum absolute atomic E-state index is 13.1. The molecular formula is C41H38Br2O8. The van der Waals surface area contributed by atoms with Crippen LogP contribution in [0.5, 0.6) is 23.0 Å². The molecule has 0 fully saturated rings. The second kappa shape index (κ2) is 18.6. The Balaban J connectivity index is 1.16. The van der Waals surface area contributed by atoms with E-state index < -0.39 is 11.9 Å². The van der Waals surface area contributed by atoms with Crippen molar-refractivity contribution in [3.05, 3.63) is 108 Å². The van der Waals surface area contributed by atoms with Crippen LogP contribution in [0.1, 0.15) is 77.6 Å². The zero-order valence-corrected chi connectivity index (χ0v) is 31.4. The van der Waals surface area contributed by atoms with Gasteiger partial charge in [-0.15, -0.1) is 0 Å². The lowest BCUT2D eigenvalue weighted by molar-refractivity contribution is -0.135. The minimum absolute atomic E-state index is 0.267. The Hall–Kier alpha value is -4.54. The molecule has 0 N–H and O–H groups in total. The molecule has 0 radical (unpaired) electrons. The highest BCUT2D eigenvalue weighted by atomic mass is 79.9. The van der Waals surface area contributed by atoms with Gasteiger partial charge in [-0.25, -0.2) is 9.59 Å². The van der Waals surface area contributed by atoms with E-state index in [1.807, 2.05) is 0 Å². The molecule has 0 spiro atoms. The highest BCUT2D eigenvalue weighted by Crippen LogP contribution is 2.28. The number of carbonyl (C=O) groups is 4. The number of aryl methyl sites for hydroxylation is 1. The molecule has 0 amide bonds. The van der Waals surface area contributed by atoms with Gasteiger partial charge in [0.05, 0.1) is 11.1 Å². The number of rotatable bonds is 16. The lowest BCUT2D eigenvalue weighted by Gasteiger charge is -2.11. The van der Waals surface area contributed by atoms with Gasteiger partial charge in [-0.1, -0.05) is 69.0 Å². The normalized spacial score (nSPS) is 11.0. The molecule has 5 rings (SSSR count). The maximum Gasteiger partial charge on any atom is 0.343 e. The van der Waals surface area contributed by atoms with Crippen molar-refractivity contribution in [2.45, 2.75) is 58.3 Å². The minimum Gasteiger partial charge on any atom is -0.427 e. The quantitative estimate of drug-likeness (QED) is 0.0420. The first kappa shape index (κ1) is 37.7. The van der Waals surface area contributed by atoms with Crippen molar-refractivity contribution in [1.82, 2.24) is 0 Å². The average Bonchev–Trinajstić information content (AvgIpc) is 3.12. The van der Waals surface area contributed by atoms with Crippen LogP contribution in [0, 0.1) is 6.92 Å². The van der Waals surface area contributed by atoms with E-state index in [4.69, 9.17) is 18.9 Å². The third-order valence-electron chi connectivity index (χ3n) is 8.15. The Bertz CT molecular complexity index is 2040. The van der Waals surface area contributed by atoms with Gasteiger partial charge >= 0.3 is 23.9 Å². The molecular weight excluding hydrogens is 780 g/mol. The van der Waals surface area contributed by atoms with E-state index in [9.17, 15) is 19.2 Å². The second-order valence-corrected chi connectivity index (χ2v) is 13.7. The van der Waals surface area contributed by atoms with Crippen molar-refractivity contribution in [2.24, 2.45) is 0 Å². The average molecular weight is 819 g/mol. The van der Waals surface area contributed by atoms with Crippen molar-refractivity contribution in [3.63, 3.8) is 0 Å². The highest BCUT2D eigenvalue weighted by molar-refractivity contribution is 9.09. The molecule has 264 valence electrons. The van der Waals surface area contributed by atoms with E-state index in [2.05, 4.69) is 31.9 Å². The summed E-state index contributed by atoms with van der Waals surface area (Å²) in [6.07, 6.45) is 6.26. The van der Waals surface area contributed by atoms with E-state index in [0.29, 0.717) is 52.5 Å². The van der Waals surface area contributed by atoms with Gasteiger partial charge in [0, 0.05) is 23.5 Å². The Morgan fingerprint density at radius 2 is 0.902 bits per heavy atom. The number of fused-ring (bicyclic) bond motifs is 2. The molecule has 0 heterocycles. The Morgan fingerprint density at radius 3 is 1.39 bits per heavy atom. The molecule has 5 aromatic carbocycles. The number of hydrogen-bond donors (Lipinski definition) is 0. The smallest absolute Gasteiger partial charge is 0.343 e. The molecule has 0 unspecified atom stereocenters. The minimum atomic E-state index is -0.542. The number of unbranched alkanes of at least 4 members (excludes halogenated alkanes) is 4. The zero-order chi connectivity index (χ0) is 36.2. The topological polar surface area (TPSA) is 105 Å². The van der Waals surface area contributed by atoms with Gasteiger partial charge in [-0.3, -0.25) is 9.59 Å². The number of hydrogen-bond acceptors (Lipinski definition) is 8. The SMILES string of the molecule is Cc1cc(OC(=O)c2ccc3cc(OC(=O)CCCCCBr)ccc3c2)ccc1OC(=O)c1ccc2cc(OC(=O)CCCCCBr)ccc2c1. The molecule has 0 saturated carbocycles. The predicted octanol–water partition coefficient (Wildman–Crippen LogP) is 10.5. The fourth-order valence-corrected chi connectivity index (χ4v) is 6.19. The van der Waals surface area contributed by atoms with Crippen LogP contribution in [-0.2, 0) is 9.59 Å². The fourth-order valence-electron chi connectivity index (χ4n) is 5.40. The van der Waals surface area contributed by atoms with E-state index in [0.717, 1.165) is 70.7 Å². The summed E-state index contributed by atoms with van der Waals surface area (Å²) in [6, 6.07) is 25.7. The third kappa shape index (κ3) is 11.0. The van der Waals surface area contributed by atoms with Crippen LogP contribution in [0.4, 0.5) is 0 Å². The van der Waals surface area contributed by atoms with Crippen molar-refractivity contribution >= 4 is 77.3 Å². The summed E-state index contributed by atoms with van der Waals surface area (Å²) in [5.41, 5.74) is 1.32. The summed E-state index contributed by atoms with van der Waals surface area (Å²) in [6.45, 7) is 1.76. The van der Waals surface area contributed by atoms with Gasteiger partial charge in [0.1, 0.15) is 23.0 Å². The standard InChI is InChI=1S/C41H38Br2O8/c1-27-22-34(50-40(46)32-12-10-30-25-35(16-14-28(30)23-32)48-38(44)8-4-2-6-20-42)18-19-37(27)51-41(47)33-13-11-31-26-36(17-15-29(31)24-33)49-39(45)9-5-3-7-21-43/h10-19,22-26H,2-9,20-21H2,1H3. The van der Waals surface area contributed by atoms with Crippen LogP contribution >= 0.6 is 31.9 Å². The lowest BCUT2D eigenvalue weighted by Crippen LogP contribution is -2.11. The van der Waals surface area contributed by atoms with Gasteiger partial charge in [0.15, 0.2) is 0 Å². The van der Waals surface area contributed by atoms with E-state index in [-0.39, 0.29) is 11.9 Å². The fraction of sp³-hybridized carbons (Fsp3) is 0.268. The van der Waals surface area contributed by atoms with Crippen molar-refractivity contribution in [2.75, 3.05) is 10.7 Å². The molecule has 5 aromatic rings. The number of esters is 4. The first-order valence-electron chi connectivity index (χ1n) is 16.9. The maximum atomic E-state index is 13.1. The molecule has 51 heavy (non-hydrogen) atoms. The first-order chi connectivity index (χ1) is 24.7. The van der Waals surface area contributed by atoms with Crippen molar-refractivity contribution in [3.8, 4) is 23.0 Å².